The quantitative estimate of drug-likeness (QED) is 0.526. The van der Waals surface area contributed by atoms with Crippen molar-refractivity contribution < 1.29 is 15.3 Å². The lowest BCUT2D eigenvalue weighted by atomic mass is 9.90. The van der Waals surface area contributed by atoms with Gasteiger partial charge in [-0.1, -0.05) is 6.07 Å². The molecule has 1 aromatic carbocycles. The van der Waals surface area contributed by atoms with Crippen molar-refractivity contribution in [2.24, 2.45) is 0 Å². The van der Waals surface area contributed by atoms with Gasteiger partial charge in [-0.3, -0.25) is 0 Å². The Kier molecular flexibility index (Phi) is 2.68. The van der Waals surface area contributed by atoms with E-state index in [4.69, 9.17) is 0 Å². The molecule has 0 bridgehead atoms. The summed E-state index contributed by atoms with van der Waals surface area (Å²) in [5.41, 5.74) is 0.706. The number of hydrogen-bond acceptors (Lipinski definition) is 4. The van der Waals surface area contributed by atoms with Crippen LogP contribution in [0.1, 0.15) is 24.3 Å². The smallest absolute Gasteiger partial charge is 0.200 e. The predicted molar refractivity (Wildman–Crippen MR) is 56.3 cm³/mol. The molecule has 1 aliphatic rings. The second kappa shape index (κ2) is 3.98. The Morgan fingerprint density at radius 2 is 1.93 bits per heavy atom. The van der Waals surface area contributed by atoms with Crippen molar-refractivity contribution in [3.05, 3.63) is 17.7 Å². The molecule has 15 heavy (non-hydrogen) atoms. The third kappa shape index (κ3) is 1.85. The Hall–Kier alpha value is -1.42. The second-order valence-corrected chi connectivity index (χ2v) is 3.91. The van der Waals surface area contributed by atoms with Crippen molar-refractivity contribution in [1.29, 1.82) is 0 Å². The number of aromatic hydroxyl groups is 3. The van der Waals surface area contributed by atoms with Crippen molar-refractivity contribution in [3.63, 3.8) is 0 Å². The Morgan fingerprint density at radius 1 is 1.13 bits per heavy atom. The average molecular weight is 209 g/mol. The molecule has 1 atom stereocenters. The molecule has 4 heteroatoms. The van der Waals surface area contributed by atoms with Gasteiger partial charge < -0.3 is 20.6 Å². The lowest BCUT2D eigenvalue weighted by Gasteiger charge is -2.24. The maximum atomic E-state index is 9.69. The molecule has 1 saturated heterocycles. The average Bonchev–Trinajstić information content (AvgIpc) is 2.27. The molecule has 4 N–H and O–H groups in total. The zero-order valence-corrected chi connectivity index (χ0v) is 8.40. The van der Waals surface area contributed by atoms with E-state index in [-0.39, 0.29) is 17.4 Å². The summed E-state index contributed by atoms with van der Waals surface area (Å²) in [5, 5.41) is 31.5. The van der Waals surface area contributed by atoms with Crippen LogP contribution in [0, 0.1) is 0 Å². The number of piperidine rings is 1. The highest BCUT2D eigenvalue weighted by Crippen LogP contribution is 2.41. The Balaban J connectivity index is 2.31. The lowest BCUT2D eigenvalue weighted by Crippen LogP contribution is -2.28. The van der Waals surface area contributed by atoms with Crippen LogP contribution in [0.25, 0.3) is 0 Å². The van der Waals surface area contributed by atoms with Crippen LogP contribution in [0.4, 0.5) is 0 Å². The molecule has 1 fully saturated rings. The molecule has 0 radical (unpaired) electrons. The molecule has 2 rings (SSSR count). The van der Waals surface area contributed by atoms with Crippen LogP contribution in [0.3, 0.4) is 0 Å². The topological polar surface area (TPSA) is 72.7 Å². The first kappa shape index (κ1) is 10.1. The predicted octanol–water partition coefficient (Wildman–Crippen LogP) is 1.27. The molecule has 1 aliphatic heterocycles. The van der Waals surface area contributed by atoms with Crippen molar-refractivity contribution in [2.75, 3.05) is 13.1 Å². The molecule has 1 unspecified atom stereocenters. The van der Waals surface area contributed by atoms with E-state index in [2.05, 4.69) is 5.32 Å². The molecular formula is C11H15NO3. The van der Waals surface area contributed by atoms with E-state index in [1.54, 1.807) is 6.07 Å². The van der Waals surface area contributed by atoms with Gasteiger partial charge in [0.1, 0.15) is 0 Å². The first-order valence-corrected chi connectivity index (χ1v) is 5.14. The minimum Gasteiger partial charge on any atom is -0.504 e. The van der Waals surface area contributed by atoms with Crippen LogP contribution in [-0.2, 0) is 0 Å². The van der Waals surface area contributed by atoms with Crippen molar-refractivity contribution in [3.8, 4) is 17.2 Å². The largest absolute Gasteiger partial charge is 0.504 e. The maximum absolute atomic E-state index is 9.69. The minimum absolute atomic E-state index is 0.191. The van der Waals surface area contributed by atoms with Crippen LogP contribution < -0.4 is 5.32 Å². The number of phenolic OH excluding ortho intramolecular Hbond substituents is 3. The molecule has 0 saturated carbocycles. The normalized spacial score (nSPS) is 21.5. The van der Waals surface area contributed by atoms with E-state index >= 15 is 0 Å². The summed E-state index contributed by atoms with van der Waals surface area (Å²) in [7, 11) is 0. The van der Waals surface area contributed by atoms with E-state index in [0.29, 0.717) is 5.56 Å². The number of phenols is 3. The van der Waals surface area contributed by atoms with Crippen molar-refractivity contribution in [1.82, 2.24) is 5.32 Å². The first-order valence-electron chi connectivity index (χ1n) is 5.14. The van der Waals surface area contributed by atoms with E-state index in [1.165, 1.54) is 6.07 Å². The number of rotatable bonds is 1. The van der Waals surface area contributed by atoms with Gasteiger partial charge in [-0.25, -0.2) is 0 Å². The first-order chi connectivity index (χ1) is 7.20. The third-order valence-electron chi connectivity index (χ3n) is 2.90. The molecule has 0 spiro atoms. The van der Waals surface area contributed by atoms with Gasteiger partial charge in [0.05, 0.1) is 0 Å². The molecule has 0 amide bonds. The molecule has 0 aliphatic carbocycles. The fourth-order valence-electron chi connectivity index (χ4n) is 2.03. The van der Waals surface area contributed by atoms with E-state index < -0.39 is 5.75 Å². The number of benzene rings is 1. The van der Waals surface area contributed by atoms with Crippen molar-refractivity contribution in [2.45, 2.75) is 18.8 Å². The lowest BCUT2D eigenvalue weighted by molar-refractivity contribution is 0.358. The van der Waals surface area contributed by atoms with Gasteiger partial charge >= 0.3 is 0 Å². The third-order valence-corrected chi connectivity index (χ3v) is 2.90. The monoisotopic (exact) mass is 209 g/mol. The van der Waals surface area contributed by atoms with E-state index in [0.717, 1.165) is 25.9 Å². The maximum Gasteiger partial charge on any atom is 0.200 e. The summed E-state index contributed by atoms with van der Waals surface area (Å²) in [6.45, 7) is 1.80. The second-order valence-electron chi connectivity index (χ2n) is 3.91. The molecule has 4 nitrogen and oxygen atoms in total. The molecule has 82 valence electrons. The molecular weight excluding hydrogens is 194 g/mol. The summed E-state index contributed by atoms with van der Waals surface area (Å²) in [6, 6.07) is 3.08. The minimum atomic E-state index is -0.418. The number of nitrogens with one attached hydrogen (secondary N) is 1. The van der Waals surface area contributed by atoms with E-state index in [9.17, 15) is 15.3 Å². The fourth-order valence-corrected chi connectivity index (χ4v) is 2.03. The van der Waals surface area contributed by atoms with Gasteiger partial charge in [0, 0.05) is 18.0 Å². The van der Waals surface area contributed by atoms with Crippen LogP contribution >= 0.6 is 0 Å². The van der Waals surface area contributed by atoms with Crippen LogP contribution in [-0.4, -0.2) is 28.4 Å². The van der Waals surface area contributed by atoms with Crippen LogP contribution in [0.2, 0.25) is 0 Å². The van der Waals surface area contributed by atoms with Crippen LogP contribution in [0.5, 0.6) is 17.2 Å². The van der Waals surface area contributed by atoms with Crippen LogP contribution in [0.15, 0.2) is 12.1 Å². The van der Waals surface area contributed by atoms with Gasteiger partial charge in [-0.05, 0) is 25.5 Å². The Bertz CT molecular complexity index is 359. The summed E-state index contributed by atoms with van der Waals surface area (Å²) in [4.78, 5) is 0. The van der Waals surface area contributed by atoms with Crippen molar-refractivity contribution >= 4 is 0 Å². The summed E-state index contributed by atoms with van der Waals surface area (Å²) in [5.74, 6) is -0.674. The highest BCUT2D eigenvalue weighted by Gasteiger charge is 2.21. The molecule has 1 heterocycles. The van der Waals surface area contributed by atoms with E-state index in [1.807, 2.05) is 0 Å². The summed E-state index contributed by atoms with van der Waals surface area (Å²) >= 11 is 0. The van der Waals surface area contributed by atoms with Gasteiger partial charge in [0.2, 0.25) is 5.75 Å². The van der Waals surface area contributed by atoms with Gasteiger partial charge in [-0.15, -0.1) is 0 Å². The van der Waals surface area contributed by atoms with Gasteiger partial charge in [-0.2, -0.15) is 0 Å². The summed E-state index contributed by atoms with van der Waals surface area (Å²) < 4.78 is 0. The zero-order chi connectivity index (χ0) is 10.8. The standard InChI is InChI=1S/C11H15NO3/c13-9-4-3-8(10(14)11(9)15)7-2-1-5-12-6-7/h3-4,7,12-15H,1-2,5-6H2. The number of hydrogen-bond donors (Lipinski definition) is 4. The zero-order valence-electron chi connectivity index (χ0n) is 8.40. The Labute approximate surface area is 88.2 Å². The molecule has 0 aromatic heterocycles. The fraction of sp³-hybridized carbons (Fsp3) is 0.455. The SMILES string of the molecule is Oc1ccc(C2CCCNC2)c(O)c1O. The van der Waals surface area contributed by atoms with Gasteiger partial charge in [0.15, 0.2) is 11.5 Å². The Morgan fingerprint density at radius 3 is 2.60 bits per heavy atom. The summed E-state index contributed by atoms with van der Waals surface area (Å²) in [6.07, 6.45) is 2.05. The highest BCUT2D eigenvalue weighted by molar-refractivity contribution is 5.54. The highest BCUT2D eigenvalue weighted by atomic mass is 16.3. The van der Waals surface area contributed by atoms with Gasteiger partial charge in [0.25, 0.3) is 0 Å². The molecule has 1 aromatic rings.